The molecule has 0 amide bonds. The van der Waals surface area contributed by atoms with Gasteiger partial charge < -0.3 is 4.40 Å². The third-order valence-corrected chi connectivity index (χ3v) is 13.5. The Morgan fingerprint density at radius 1 is 0.362 bits per heavy atom. The van der Waals surface area contributed by atoms with Gasteiger partial charge in [0, 0.05) is 53.2 Å². The molecule has 0 aliphatic carbocycles. The molecular formula is C52H29N5S. The van der Waals surface area contributed by atoms with Crippen LogP contribution in [0.15, 0.2) is 176 Å². The van der Waals surface area contributed by atoms with Crippen LogP contribution in [0.5, 0.6) is 0 Å². The number of hydrogen-bond acceptors (Lipinski definition) is 3. The van der Waals surface area contributed by atoms with Crippen LogP contribution in [0, 0.1) is 0 Å². The molecule has 14 aromatic rings. The van der Waals surface area contributed by atoms with E-state index in [0.29, 0.717) is 5.95 Å². The molecule has 0 unspecified atom stereocenters. The summed E-state index contributed by atoms with van der Waals surface area (Å²) in [5, 5.41) is 12.0. The first-order chi connectivity index (χ1) is 28.8. The quantitative estimate of drug-likeness (QED) is 0.180. The highest BCUT2D eigenvalue weighted by molar-refractivity contribution is 7.25. The number of thiophene rings is 1. The van der Waals surface area contributed by atoms with Crippen molar-refractivity contribution in [3.8, 4) is 22.9 Å². The highest BCUT2D eigenvalue weighted by Gasteiger charge is 2.27. The molecule has 0 saturated heterocycles. The number of benzene rings is 8. The Labute approximate surface area is 334 Å². The number of fused-ring (bicyclic) bond motifs is 16. The van der Waals surface area contributed by atoms with E-state index in [1.807, 2.05) is 0 Å². The zero-order chi connectivity index (χ0) is 37.6. The predicted octanol–water partition coefficient (Wildman–Crippen LogP) is 13.9. The summed E-state index contributed by atoms with van der Waals surface area (Å²) in [6, 6.07) is 63.8. The summed E-state index contributed by atoms with van der Waals surface area (Å²) in [7, 11) is 0. The van der Waals surface area contributed by atoms with Crippen LogP contribution in [0.3, 0.4) is 0 Å². The standard InChI is InChI=1S/C52H29N5S/c1-2-14-30(15-3-1)31-26-27-43-38(28-31)46-44(29-37-34-18-6-9-21-39(34)55-42-24-12-7-19-35(42)47(46)49(37)55)57(43)52-53-50(48-36-20-8-13-25-45(36)58-51(48)54-52)56-40-22-10-4-16-32(40)33-17-5-11-23-41(33)56/h1-29H. The minimum absolute atomic E-state index is 0.657. The Morgan fingerprint density at radius 3 is 1.69 bits per heavy atom. The van der Waals surface area contributed by atoms with Crippen molar-refractivity contribution >= 4 is 113 Å². The fourth-order valence-electron chi connectivity index (χ4n) is 10.0. The van der Waals surface area contributed by atoms with Gasteiger partial charge in [0.15, 0.2) is 5.82 Å². The molecule has 0 fully saturated rings. The van der Waals surface area contributed by atoms with E-state index in [1.165, 1.54) is 80.9 Å². The van der Waals surface area contributed by atoms with Crippen molar-refractivity contribution < 1.29 is 0 Å². The monoisotopic (exact) mass is 755 g/mol. The van der Waals surface area contributed by atoms with Crippen LogP contribution in [-0.4, -0.2) is 23.5 Å². The summed E-state index contributed by atoms with van der Waals surface area (Å²) >= 11 is 1.74. The van der Waals surface area contributed by atoms with Gasteiger partial charge in [-0.25, -0.2) is 4.98 Å². The van der Waals surface area contributed by atoms with E-state index in [9.17, 15) is 0 Å². The van der Waals surface area contributed by atoms with Crippen LogP contribution in [-0.2, 0) is 0 Å². The Morgan fingerprint density at radius 2 is 0.948 bits per heavy atom. The maximum absolute atomic E-state index is 5.75. The SMILES string of the molecule is c1ccc(-c2ccc3c(c2)c2c4c5ccccc5n5c6ccccc6c(cc2n3-c2nc(-n3c6ccccc6c6ccccc63)c3c(n2)sc2ccccc23)c45)cc1. The molecule has 0 aliphatic heterocycles. The molecular weight excluding hydrogens is 727 g/mol. The van der Waals surface area contributed by atoms with Gasteiger partial charge in [0.25, 0.3) is 0 Å². The zero-order valence-electron chi connectivity index (χ0n) is 30.9. The number of hydrogen-bond donors (Lipinski definition) is 0. The van der Waals surface area contributed by atoms with Crippen LogP contribution in [0.2, 0.25) is 0 Å². The Kier molecular flexibility index (Phi) is 5.85. The first-order valence-corrected chi connectivity index (χ1v) is 20.5. The van der Waals surface area contributed by atoms with Gasteiger partial charge in [-0.15, -0.1) is 11.3 Å². The number of para-hydroxylation sites is 4. The van der Waals surface area contributed by atoms with Gasteiger partial charge in [-0.05, 0) is 59.7 Å². The summed E-state index contributed by atoms with van der Waals surface area (Å²) < 4.78 is 8.36. The lowest BCUT2D eigenvalue weighted by atomic mass is 9.99. The third kappa shape index (κ3) is 3.85. The predicted molar refractivity (Wildman–Crippen MR) is 244 cm³/mol. The molecule has 14 rings (SSSR count). The third-order valence-electron chi connectivity index (χ3n) is 12.4. The largest absolute Gasteiger partial charge is 0.308 e. The smallest absolute Gasteiger partial charge is 0.238 e. The molecule has 268 valence electrons. The van der Waals surface area contributed by atoms with Crippen molar-refractivity contribution in [3.05, 3.63) is 176 Å². The summed E-state index contributed by atoms with van der Waals surface area (Å²) in [5.74, 6) is 1.54. The molecule has 6 aromatic heterocycles. The maximum Gasteiger partial charge on any atom is 0.238 e. The molecule has 0 radical (unpaired) electrons. The molecule has 0 spiro atoms. The molecule has 6 heterocycles. The van der Waals surface area contributed by atoms with Gasteiger partial charge >= 0.3 is 0 Å². The highest BCUT2D eigenvalue weighted by atomic mass is 32.1. The van der Waals surface area contributed by atoms with Crippen LogP contribution < -0.4 is 0 Å². The number of aromatic nitrogens is 5. The van der Waals surface area contributed by atoms with Gasteiger partial charge in [0.05, 0.1) is 44.0 Å². The molecule has 8 aromatic carbocycles. The van der Waals surface area contributed by atoms with E-state index in [1.54, 1.807) is 11.3 Å². The summed E-state index contributed by atoms with van der Waals surface area (Å²) in [5.41, 5.74) is 10.5. The molecule has 0 aliphatic rings. The van der Waals surface area contributed by atoms with E-state index >= 15 is 0 Å². The lowest BCUT2D eigenvalue weighted by Gasteiger charge is -2.13. The van der Waals surface area contributed by atoms with Crippen LogP contribution >= 0.6 is 11.3 Å². The Balaban J connectivity index is 1.20. The molecule has 0 atom stereocenters. The van der Waals surface area contributed by atoms with E-state index in [-0.39, 0.29) is 0 Å². The first-order valence-electron chi connectivity index (χ1n) is 19.7. The average molecular weight is 756 g/mol. The summed E-state index contributed by atoms with van der Waals surface area (Å²) in [6.45, 7) is 0. The second kappa shape index (κ2) is 11.1. The van der Waals surface area contributed by atoms with Crippen molar-refractivity contribution in [1.82, 2.24) is 23.5 Å². The van der Waals surface area contributed by atoms with E-state index in [2.05, 4.69) is 189 Å². The normalized spacial score (nSPS) is 12.5. The van der Waals surface area contributed by atoms with E-state index in [4.69, 9.17) is 9.97 Å². The van der Waals surface area contributed by atoms with Crippen LogP contribution in [0.1, 0.15) is 0 Å². The Bertz CT molecular complexity index is 3980. The van der Waals surface area contributed by atoms with Gasteiger partial charge in [0.1, 0.15) is 4.83 Å². The molecule has 6 heteroatoms. The fraction of sp³-hybridized carbons (Fsp3) is 0. The Hall–Kier alpha value is -7.54. The molecule has 5 nitrogen and oxygen atoms in total. The number of nitrogens with zero attached hydrogens (tertiary/aromatic N) is 5. The summed E-state index contributed by atoms with van der Waals surface area (Å²) in [4.78, 5) is 12.3. The topological polar surface area (TPSA) is 40.0 Å². The second-order valence-corrected chi connectivity index (χ2v) is 16.4. The van der Waals surface area contributed by atoms with Crippen molar-refractivity contribution in [2.45, 2.75) is 0 Å². The molecule has 0 N–H and O–H groups in total. The minimum Gasteiger partial charge on any atom is -0.308 e. The average Bonchev–Trinajstić information content (AvgIpc) is 4.08. The van der Waals surface area contributed by atoms with Gasteiger partial charge in [-0.1, -0.05) is 127 Å². The lowest BCUT2D eigenvalue weighted by Crippen LogP contribution is -2.06. The van der Waals surface area contributed by atoms with E-state index in [0.717, 1.165) is 38.1 Å². The lowest BCUT2D eigenvalue weighted by molar-refractivity contribution is 0.977. The second-order valence-electron chi connectivity index (χ2n) is 15.3. The molecule has 0 saturated carbocycles. The van der Waals surface area contributed by atoms with Crippen molar-refractivity contribution in [2.24, 2.45) is 0 Å². The van der Waals surface area contributed by atoms with Crippen LogP contribution in [0.25, 0.3) is 125 Å². The van der Waals surface area contributed by atoms with Gasteiger partial charge in [-0.3, -0.25) is 9.13 Å². The van der Waals surface area contributed by atoms with Crippen LogP contribution in [0.4, 0.5) is 0 Å². The highest BCUT2D eigenvalue weighted by Crippen LogP contribution is 2.48. The van der Waals surface area contributed by atoms with Gasteiger partial charge in [-0.2, -0.15) is 4.98 Å². The van der Waals surface area contributed by atoms with E-state index < -0.39 is 0 Å². The van der Waals surface area contributed by atoms with Crippen molar-refractivity contribution in [1.29, 1.82) is 0 Å². The van der Waals surface area contributed by atoms with Crippen molar-refractivity contribution in [2.75, 3.05) is 0 Å². The van der Waals surface area contributed by atoms with Crippen molar-refractivity contribution in [3.63, 3.8) is 0 Å². The number of rotatable bonds is 3. The molecule has 0 bridgehead atoms. The fourth-order valence-corrected chi connectivity index (χ4v) is 11.1. The zero-order valence-corrected chi connectivity index (χ0v) is 31.7. The maximum atomic E-state index is 5.75. The van der Waals surface area contributed by atoms with Gasteiger partial charge in [0.2, 0.25) is 5.95 Å². The molecule has 58 heavy (non-hydrogen) atoms. The summed E-state index contributed by atoms with van der Waals surface area (Å²) in [6.07, 6.45) is 0. The first kappa shape index (κ1) is 30.7. The minimum atomic E-state index is 0.657.